The number of hydrogen-bond acceptors (Lipinski definition) is 5. The Morgan fingerprint density at radius 1 is 1.04 bits per heavy atom. The fourth-order valence-electron chi connectivity index (χ4n) is 2.37. The molecule has 2 aromatic rings. The average molecular weight is 342 g/mol. The highest BCUT2D eigenvalue weighted by Gasteiger charge is 2.16. The topological polar surface area (TPSA) is 85.9 Å². The average Bonchev–Trinajstić information content (AvgIpc) is 3.04. The van der Waals surface area contributed by atoms with Crippen molar-refractivity contribution < 1.29 is 23.8 Å². The molecule has 0 atom stereocenters. The van der Waals surface area contributed by atoms with Crippen LogP contribution in [0.25, 0.3) is 0 Å². The van der Waals surface area contributed by atoms with E-state index in [2.05, 4.69) is 10.6 Å². The van der Waals surface area contributed by atoms with Crippen LogP contribution in [0.4, 0.5) is 11.4 Å². The third-order valence-electron chi connectivity index (χ3n) is 3.44. The molecule has 2 aromatic carbocycles. The van der Waals surface area contributed by atoms with E-state index in [1.807, 2.05) is 13.0 Å². The Hall–Kier alpha value is -3.22. The van der Waals surface area contributed by atoms with Crippen molar-refractivity contribution in [3.8, 4) is 17.2 Å². The number of rotatable bonds is 6. The monoisotopic (exact) mass is 342 g/mol. The molecular formula is C18H18N2O5. The first-order chi connectivity index (χ1) is 12.2. The van der Waals surface area contributed by atoms with Gasteiger partial charge in [-0.2, -0.15) is 0 Å². The minimum absolute atomic E-state index is 0.161. The molecular weight excluding hydrogens is 324 g/mol. The molecule has 3 rings (SSSR count). The third-order valence-corrected chi connectivity index (χ3v) is 3.44. The molecule has 0 saturated heterocycles. The normalized spacial score (nSPS) is 11.7. The maximum Gasteiger partial charge on any atom is 0.233 e. The lowest BCUT2D eigenvalue weighted by Gasteiger charge is -2.11. The van der Waals surface area contributed by atoms with Crippen molar-refractivity contribution in [2.75, 3.05) is 24.0 Å². The van der Waals surface area contributed by atoms with Crippen molar-refractivity contribution in [2.45, 2.75) is 13.3 Å². The zero-order valence-corrected chi connectivity index (χ0v) is 13.7. The lowest BCUT2D eigenvalue weighted by Crippen LogP contribution is -2.21. The summed E-state index contributed by atoms with van der Waals surface area (Å²) < 4.78 is 15.9. The number of anilines is 2. The second-order valence-electron chi connectivity index (χ2n) is 5.27. The van der Waals surface area contributed by atoms with E-state index in [1.54, 1.807) is 36.4 Å². The highest BCUT2D eigenvalue weighted by molar-refractivity contribution is 6.08. The number of amides is 2. The first-order valence-electron chi connectivity index (χ1n) is 7.87. The quantitative estimate of drug-likeness (QED) is 0.789. The van der Waals surface area contributed by atoms with Crippen LogP contribution in [0.15, 0.2) is 42.5 Å². The summed E-state index contributed by atoms with van der Waals surface area (Å²) in [6.45, 7) is 2.50. The maximum absolute atomic E-state index is 12.1. The van der Waals surface area contributed by atoms with Crippen LogP contribution in [-0.2, 0) is 9.59 Å². The summed E-state index contributed by atoms with van der Waals surface area (Å²) in [7, 11) is 0. The minimum Gasteiger partial charge on any atom is -0.492 e. The molecule has 0 spiro atoms. The molecule has 0 aromatic heterocycles. The van der Waals surface area contributed by atoms with Gasteiger partial charge in [0.15, 0.2) is 11.5 Å². The number of nitrogens with one attached hydrogen (secondary N) is 2. The Labute approximate surface area is 144 Å². The van der Waals surface area contributed by atoms with Crippen LogP contribution < -0.4 is 24.8 Å². The highest BCUT2D eigenvalue weighted by atomic mass is 16.7. The SMILES string of the molecule is CCOc1ccccc1NC(=O)CC(=O)Nc1ccc2c(c1)OCO2. The van der Waals surface area contributed by atoms with Crippen LogP contribution in [0, 0.1) is 0 Å². The number of hydrogen-bond donors (Lipinski definition) is 2. The molecule has 0 bridgehead atoms. The molecule has 7 heteroatoms. The van der Waals surface area contributed by atoms with Crippen LogP contribution in [0.1, 0.15) is 13.3 Å². The highest BCUT2D eigenvalue weighted by Crippen LogP contribution is 2.34. The van der Waals surface area contributed by atoms with Gasteiger partial charge in [-0.3, -0.25) is 9.59 Å². The molecule has 7 nitrogen and oxygen atoms in total. The molecule has 0 radical (unpaired) electrons. The van der Waals surface area contributed by atoms with Crippen molar-refractivity contribution in [1.29, 1.82) is 0 Å². The van der Waals surface area contributed by atoms with Gasteiger partial charge in [-0.15, -0.1) is 0 Å². The number of ether oxygens (including phenoxy) is 3. The van der Waals surface area contributed by atoms with Gasteiger partial charge < -0.3 is 24.8 Å². The predicted molar refractivity (Wildman–Crippen MR) is 92.1 cm³/mol. The largest absolute Gasteiger partial charge is 0.492 e. The molecule has 0 unspecified atom stereocenters. The Balaban J connectivity index is 1.57. The first-order valence-corrected chi connectivity index (χ1v) is 7.87. The lowest BCUT2D eigenvalue weighted by atomic mass is 10.2. The van der Waals surface area contributed by atoms with E-state index in [0.717, 1.165) is 0 Å². The number of para-hydroxylation sites is 2. The molecule has 130 valence electrons. The summed E-state index contributed by atoms with van der Waals surface area (Å²) in [6.07, 6.45) is -0.311. The van der Waals surface area contributed by atoms with Gasteiger partial charge in [0.1, 0.15) is 12.2 Å². The van der Waals surface area contributed by atoms with Crippen molar-refractivity contribution in [3.05, 3.63) is 42.5 Å². The van der Waals surface area contributed by atoms with E-state index in [1.165, 1.54) is 0 Å². The van der Waals surface area contributed by atoms with E-state index in [-0.39, 0.29) is 13.2 Å². The molecule has 2 N–H and O–H groups in total. The third kappa shape index (κ3) is 4.20. The summed E-state index contributed by atoms with van der Waals surface area (Å²) in [4.78, 5) is 24.1. The van der Waals surface area contributed by atoms with E-state index in [0.29, 0.717) is 35.2 Å². The van der Waals surface area contributed by atoms with Crippen LogP contribution in [-0.4, -0.2) is 25.2 Å². The summed E-state index contributed by atoms with van der Waals surface area (Å²) in [5.41, 5.74) is 1.07. The lowest BCUT2D eigenvalue weighted by molar-refractivity contribution is -0.123. The fourth-order valence-corrected chi connectivity index (χ4v) is 2.37. The summed E-state index contributed by atoms with van der Waals surface area (Å²) >= 11 is 0. The standard InChI is InChI=1S/C18H18N2O5/c1-2-23-14-6-4-3-5-13(14)20-18(22)10-17(21)19-12-7-8-15-16(9-12)25-11-24-15/h3-9H,2,10-11H2,1H3,(H,19,21)(H,20,22). The van der Waals surface area contributed by atoms with Crippen molar-refractivity contribution in [3.63, 3.8) is 0 Å². The molecule has 25 heavy (non-hydrogen) atoms. The van der Waals surface area contributed by atoms with Gasteiger partial charge in [0, 0.05) is 11.8 Å². The molecule has 1 heterocycles. The summed E-state index contributed by atoms with van der Waals surface area (Å²) in [5.74, 6) is 0.904. The van der Waals surface area contributed by atoms with Crippen molar-refractivity contribution >= 4 is 23.2 Å². The second kappa shape index (κ2) is 7.57. The van der Waals surface area contributed by atoms with Crippen LogP contribution >= 0.6 is 0 Å². The van der Waals surface area contributed by atoms with Gasteiger partial charge in [-0.25, -0.2) is 0 Å². The minimum atomic E-state index is -0.426. The van der Waals surface area contributed by atoms with Crippen LogP contribution in [0.3, 0.4) is 0 Å². The van der Waals surface area contributed by atoms with E-state index < -0.39 is 11.8 Å². The van der Waals surface area contributed by atoms with Gasteiger partial charge in [0.2, 0.25) is 18.6 Å². The Morgan fingerprint density at radius 3 is 2.64 bits per heavy atom. The van der Waals surface area contributed by atoms with Gasteiger partial charge in [-0.1, -0.05) is 12.1 Å². The first kappa shape index (κ1) is 16.6. The van der Waals surface area contributed by atoms with Gasteiger partial charge in [-0.05, 0) is 31.2 Å². The fraction of sp³-hybridized carbons (Fsp3) is 0.222. The molecule has 1 aliphatic rings. The predicted octanol–water partition coefficient (Wildman–Crippen LogP) is 2.78. The maximum atomic E-state index is 12.1. The number of fused-ring (bicyclic) bond motifs is 1. The van der Waals surface area contributed by atoms with Gasteiger partial charge in [0.25, 0.3) is 0 Å². The Morgan fingerprint density at radius 2 is 1.80 bits per heavy atom. The molecule has 0 saturated carbocycles. The summed E-state index contributed by atoms with van der Waals surface area (Å²) in [6, 6.07) is 12.1. The van der Waals surface area contributed by atoms with Gasteiger partial charge >= 0.3 is 0 Å². The number of benzene rings is 2. The number of carbonyl (C=O) groups excluding carboxylic acids is 2. The number of carbonyl (C=O) groups is 2. The van der Waals surface area contributed by atoms with E-state index >= 15 is 0 Å². The Kier molecular flexibility index (Phi) is 5.03. The zero-order valence-electron chi connectivity index (χ0n) is 13.7. The van der Waals surface area contributed by atoms with Crippen LogP contribution in [0.2, 0.25) is 0 Å². The van der Waals surface area contributed by atoms with Crippen molar-refractivity contribution in [2.24, 2.45) is 0 Å². The molecule has 0 aliphatic carbocycles. The molecule has 0 fully saturated rings. The van der Waals surface area contributed by atoms with Crippen LogP contribution in [0.5, 0.6) is 17.2 Å². The van der Waals surface area contributed by atoms with Crippen molar-refractivity contribution in [1.82, 2.24) is 0 Å². The second-order valence-corrected chi connectivity index (χ2v) is 5.27. The van der Waals surface area contributed by atoms with E-state index in [4.69, 9.17) is 14.2 Å². The Bertz CT molecular complexity index is 791. The van der Waals surface area contributed by atoms with Gasteiger partial charge in [0.05, 0.1) is 12.3 Å². The van der Waals surface area contributed by atoms with E-state index in [9.17, 15) is 9.59 Å². The zero-order chi connectivity index (χ0) is 17.6. The molecule has 1 aliphatic heterocycles. The molecule has 2 amide bonds. The smallest absolute Gasteiger partial charge is 0.233 e. The summed E-state index contributed by atoms with van der Waals surface area (Å²) in [5, 5.41) is 5.35.